The molecule has 0 bridgehead atoms. The minimum Gasteiger partial charge on any atom is -0.464 e. The van der Waals surface area contributed by atoms with Gasteiger partial charge in [0.2, 0.25) is 0 Å². The largest absolute Gasteiger partial charge is 0.464 e. The van der Waals surface area contributed by atoms with Gasteiger partial charge in [-0.05, 0) is 46.7 Å². The van der Waals surface area contributed by atoms with Gasteiger partial charge >= 0.3 is 0 Å². The molecule has 3 heteroatoms. The Morgan fingerprint density at radius 2 is 1.65 bits per heavy atom. The average molecular weight is 410 g/mol. The molecule has 0 unspecified atom stereocenters. The number of benzene rings is 3. The van der Waals surface area contributed by atoms with Gasteiger partial charge in [0.05, 0.1) is 24.5 Å². The number of rotatable bonds is 5. The van der Waals surface area contributed by atoms with E-state index in [4.69, 9.17) is 10.8 Å². The SMILES string of the molecule is [2H]c1ccc2occ(-c3nc4ccccc4n3Cc3c(C(C)C)cccc3C(C)C)c2c1. The third kappa shape index (κ3) is 3.34. The van der Waals surface area contributed by atoms with Gasteiger partial charge in [-0.1, -0.05) is 76.2 Å². The van der Waals surface area contributed by atoms with Crippen LogP contribution in [0.25, 0.3) is 33.4 Å². The first kappa shape index (κ1) is 18.4. The van der Waals surface area contributed by atoms with Crippen molar-refractivity contribution < 1.29 is 5.79 Å². The molecule has 0 aliphatic heterocycles. The molecular formula is C28H28N2O. The first-order valence-electron chi connectivity index (χ1n) is 11.5. The molecule has 0 N–H and O–H groups in total. The molecule has 5 aromatic rings. The zero-order chi connectivity index (χ0) is 22.4. The Kier molecular flexibility index (Phi) is 4.60. The van der Waals surface area contributed by atoms with E-state index in [9.17, 15) is 0 Å². The lowest BCUT2D eigenvalue weighted by molar-refractivity contribution is 0.616. The monoisotopic (exact) mass is 409 g/mol. The molecule has 3 nitrogen and oxygen atoms in total. The Morgan fingerprint density at radius 3 is 2.39 bits per heavy atom. The van der Waals surface area contributed by atoms with E-state index in [0.29, 0.717) is 17.9 Å². The molecule has 0 aliphatic rings. The molecule has 0 amide bonds. The Labute approximate surface area is 184 Å². The fraction of sp³-hybridized carbons (Fsp3) is 0.250. The summed E-state index contributed by atoms with van der Waals surface area (Å²) in [5, 5.41) is 0.926. The summed E-state index contributed by atoms with van der Waals surface area (Å²) in [5.41, 5.74) is 7.91. The molecule has 3 aromatic carbocycles. The second-order valence-electron chi connectivity index (χ2n) is 8.81. The number of nitrogens with zero attached hydrogens (tertiary/aromatic N) is 2. The first-order chi connectivity index (χ1) is 15.4. The van der Waals surface area contributed by atoms with Gasteiger partial charge in [0, 0.05) is 5.39 Å². The molecule has 0 saturated heterocycles. The molecule has 2 aromatic heterocycles. The summed E-state index contributed by atoms with van der Waals surface area (Å²) < 4.78 is 16.3. The lowest BCUT2D eigenvalue weighted by Crippen LogP contribution is -2.10. The molecular weight excluding hydrogens is 380 g/mol. The van der Waals surface area contributed by atoms with E-state index >= 15 is 0 Å². The maximum Gasteiger partial charge on any atom is 0.145 e. The van der Waals surface area contributed by atoms with Crippen molar-refractivity contribution in [1.29, 1.82) is 0 Å². The van der Waals surface area contributed by atoms with Crippen molar-refractivity contribution in [3.8, 4) is 11.4 Å². The first-order valence-corrected chi connectivity index (χ1v) is 11.0. The molecule has 0 fully saturated rings. The minimum atomic E-state index is 0.433. The topological polar surface area (TPSA) is 31.0 Å². The summed E-state index contributed by atoms with van der Waals surface area (Å²) in [4.78, 5) is 5.02. The van der Waals surface area contributed by atoms with Crippen molar-refractivity contribution in [2.75, 3.05) is 0 Å². The molecule has 0 radical (unpaired) electrons. The maximum atomic E-state index is 8.10. The van der Waals surface area contributed by atoms with Crippen LogP contribution < -0.4 is 0 Å². The van der Waals surface area contributed by atoms with Crippen molar-refractivity contribution in [2.45, 2.75) is 46.1 Å². The van der Waals surface area contributed by atoms with Gasteiger partial charge in [-0.2, -0.15) is 0 Å². The Morgan fingerprint density at radius 1 is 0.903 bits per heavy atom. The van der Waals surface area contributed by atoms with Crippen molar-refractivity contribution >= 4 is 22.0 Å². The average Bonchev–Trinajstić information content (AvgIpc) is 3.34. The lowest BCUT2D eigenvalue weighted by Gasteiger charge is -2.21. The number of imidazole rings is 1. The Hall–Kier alpha value is -3.33. The highest BCUT2D eigenvalue weighted by Crippen LogP contribution is 2.35. The van der Waals surface area contributed by atoms with Crippen LogP contribution in [0.4, 0.5) is 0 Å². The summed E-state index contributed by atoms with van der Waals surface area (Å²) in [6, 6.07) is 20.9. The second kappa shape index (κ2) is 7.73. The molecule has 156 valence electrons. The van der Waals surface area contributed by atoms with E-state index in [1.54, 1.807) is 12.3 Å². The van der Waals surface area contributed by atoms with Crippen LogP contribution in [0.2, 0.25) is 0 Å². The quantitative estimate of drug-likeness (QED) is 0.297. The number of furan rings is 1. The van der Waals surface area contributed by atoms with Crippen LogP contribution in [0, 0.1) is 0 Å². The molecule has 0 aliphatic carbocycles. The van der Waals surface area contributed by atoms with E-state index in [-0.39, 0.29) is 0 Å². The fourth-order valence-electron chi connectivity index (χ4n) is 4.58. The normalized spacial score (nSPS) is 12.4. The van der Waals surface area contributed by atoms with E-state index < -0.39 is 0 Å². The zero-order valence-electron chi connectivity index (χ0n) is 19.5. The van der Waals surface area contributed by atoms with E-state index in [0.717, 1.165) is 39.9 Å². The van der Waals surface area contributed by atoms with Gasteiger partial charge in [0.1, 0.15) is 17.7 Å². The van der Waals surface area contributed by atoms with Crippen molar-refractivity contribution in [1.82, 2.24) is 9.55 Å². The van der Waals surface area contributed by atoms with Crippen LogP contribution in [-0.2, 0) is 6.54 Å². The van der Waals surface area contributed by atoms with E-state index in [2.05, 4.69) is 68.7 Å². The van der Waals surface area contributed by atoms with Crippen molar-refractivity contribution in [3.05, 3.63) is 89.7 Å². The Bertz CT molecular complexity index is 1400. The summed E-state index contributed by atoms with van der Waals surface area (Å²) in [6.07, 6.45) is 1.78. The lowest BCUT2D eigenvalue weighted by atomic mass is 9.88. The number of hydrogen-bond donors (Lipinski definition) is 0. The van der Waals surface area contributed by atoms with Gasteiger partial charge in [0.25, 0.3) is 0 Å². The highest BCUT2D eigenvalue weighted by atomic mass is 16.3. The maximum absolute atomic E-state index is 8.10. The number of aromatic nitrogens is 2. The summed E-state index contributed by atoms with van der Waals surface area (Å²) >= 11 is 0. The Balaban J connectivity index is 1.77. The van der Waals surface area contributed by atoms with Crippen molar-refractivity contribution in [3.63, 3.8) is 0 Å². The smallest absolute Gasteiger partial charge is 0.145 e. The second-order valence-corrected chi connectivity index (χ2v) is 8.81. The predicted molar refractivity (Wildman–Crippen MR) is 129 cm³/mol. The summed E-state index contributed by atoms with van der Waals surface area (Å²) in [5.74, 6) is 1.74. The van der Waals surface area contributed by atoms with Gasteiger partial charge in [-0.25, -0.2) is 4.98 Å². The predicted octanol–water partition coefficient (Wildman–Crippen LogP) is 7.74. The number of para-hydroxylation sites is 3. The molecule has 31 heavy (non-hydrogen) atoms. The van der Waals surface area contributed by atoms with Crippen molar-refractivity contribution in [2.24, 2.45) is 0 Å². The van der Waals surface area contributed by atoms with Gasteiger partial charge in [0.15, 0.2) is 0 Å². The number of hydrogen-bond acceptors (Lipinski definition) is 2. The van der Waals surface area contributed by atoms with E-state index in [1.165, 1.54) is 16.7 Å². The number of fused-ring (bicyclic) bond motifs is 2. The van der Waals surface area contributed by atoms with Crippen LogP contribution in [0.1, 0.15) is 57.6 Å². The molecule has 0 saturated carbocycles. The highest BCUT2D eigenvalue weighted by Gasteiger charge is 2.20. The van der Waals surface area contributed by atoms with Crippen LogP contribution in [0.3, 0.4) is 0 Å². The van der Waals surface area contributed by atoms with Gasteiger partial charge in [-0.15, -0.1) is 0 Å². The standard InChI is InChI=1S/C28H28N2O/c1-18(2)20-11-9-12-21(19(3)4)23(20)16-30-26-14-7-6-13-25(26)29-28(30)24-17-31-27-15-8-5-10-22(24)27/h5-15,17-19H,16H2,1-4H3/i5D. The third-order valence-electron chi connectivity index (χ3n) is 6.12. The molecule has 5 rings (SSSR count). The van der Waals surface area contributed by atoms with Gasteiger partial charge < -0.3 is 8.98 Å². The fourth-order valence-corrected chi connectivity index (χ4v) is 4.58. The highest BCUT2D eigenvalue weighted by molar-refractivity contribution is 5.94. The summed E-state index contributed by atoms with van der Waals surface area (Å²) in [7, 11) is 0. The van der Waals surface area contributed by atoms with Crippen LogP contribution in [0.5, 0.6) is 0 Å². The van der Waals surface area contributed by atoms with Crippen LogP contribution in [-0.4, -0.2) is 9.55 Å². The summed E-state index contributed by atoms with van der Waals surface area (Å²) in [6.45, 7) is 9.78. The van der Waals surface area contributed by atoms with E-state index in [1.807, 2.05) is 18.2 Å². The molecule has 0 spiro atoms. The zero-order valence-corrected chi connectivity index (χ0v) is 18.5. The minimum absolute atomic E-state index is 0.433. The van der Waals surface area contributed by atoms with Crippen LogP contribution in [0.15, 0.2) is 77.4 Å². The third-order valence-corrected chi connectivity index (χ3v) is 6.12. The van der Waals surface area contributed by atoms with Gasteiger partial charge in [-0.3, -0.25) is 0 Å². The van der Waals surface area contributed by atoms with Crippen LogP contribution >= 0.6 is 0 Å². The molecule has 2 heterocycles. The molecule has 0 atom stereocenters.